The highest BCUT2D eigenvalue weighted by atomic mass is 16.5. The molecule has 15 heavy (non-hydrogen) atoms. The lowest BCUT2D eigenvalue weighted by Gasteiger charge is -2.20. The van der Waals surface area contributed by atoms with Crippen molar-refractivity contribution in [1.29, 1.82) is 0 Å². The Balaban J connectivity index is 1.92. The molecule has 0 saturated heterocycles. The highest BCUT2D eigenvalue weighted by Gasteiger charge is 2.17. The van der Waals surface area contributed by atoms with E-state index in [2.05, 4.69) is 0 Å². The lowest BCUT2D eigenvalue weighted by molar-refractivity contribution is 0.0390. The van der Waals surface area contributed by atoms with Crippen LogP contribution in [0.4, 0.5) is 0 Å². The number of rotatable bonds is 7. The molecule has 0 amide bonds. The molecule has 1 aliphatic rings. The molecule has 3 nitrogen and oxygen atoms in total. The summed E-state index contributed by atoms with van der Waals surface area (Å²) in [5.41, 5.74) is 4.75. The predicted octanol–water partition coefficient (Wildman–Crippen LogP) is 1.83. The Labute approximate surface area is 93.0 Å². The van der Waals surface area contributed by atoms with Crippen LogP contribution in [0.2, 0.25) is 0 Å². The first-order valence-corrected chi connectivity index (χ1v) is 6.18. The molecular formula is C12H25NO2. The highest BCUT2D eigenvalue weighted by Crippen LogP contribution is 2.21. The Morgan fingerprint density at radius 1 is 1.33 bits per heavy atom. The van der Waals surface area contributed by atoms with Gasteiger partial charge in [-0.05, 0) is 39.0 Å². The molecule has 1 atom stereocenters. The van der Waals surface area contributed by atoms with E-state index in [1.165, 1.54) is 25.7 Å². The molecule has 0 heterocycles. The zero-order valence-electron chi connectivity index (χ0n) is 9.87. The molecule has 90 valence electrons. The fraction of sp³-hybridized carbons (Fsp3) is 1.00. The highest BCUT2D eigenvalue weighted by molar-refractivity contribution is 4.72. The van der Waals surface area contributed by atoms with Crippen molar-refractivity contribution in [2.45, 2.75) is 63.6 Å². The first kappa shape index (κ1) is 12.9. The number of nitrogens with two attached hydrogens (primary N) is 1. The van der Waals surface area contributed by atoms with Crippen molar-refractivity contribution in [3.05, 3.63) is 0 Å². The van der Waals surface area contributed by atoms with Gasteiger partial charge in [-0.1, -0.05) is 12.8 Å². The van der Waals surface area contributed by atoms with Crippen LogP contribution in [0.5, 0.6) is 0 Å². The van der Waals surface area contributed by atoms with Crippen LogP contribution in [0.15, 0.2) is 0 Å². The standard InChI is InChI=1S/C12H25NO2/c1-12(14,10-13)8-4-5-9-15-11-6-2-3-7-11/h11,14H,2-10,13H2,1H3. The molecule has 3 N–H and O–H groups in total. The van der Waals surface area contributed by atoms with Crippen molar-refractivity contribution in [3.8, 4) is 0 Å². The third-order valence-electron chi connectivity index (χ3n) is 3.21. The molecule has 0 radical (unpaired) electrons. The van der Waals surface area contributed by atoms with Gasteiger partial charge in [0.2, 0.25) is 0 Å². The van der Waals surface area contributed by atoms with E-state index in [0.717, 1.165) is 25.9 Å². The SMILES string of the molecule is CC(O)(CN)CCCCOC1CCCC1. The fourth-order valence-electron chi connectivity index (χ4n) is 2.01. The molecule has 1 saturated carbocycles. The number of aliphatic hydroxyl groups is 1. The third kappa shape index (κ3) is 5.50. The van der Waals surface area contributed by atoms with Gasteiger partial charge < -0.3 is 15.6 Å². The van der Waals surface area contributed by atoms with Crippen LogP contribution in [-0.2, 0) is 4.74 Å². The van der Waals surface area contributed by atoms with Crippen LogP contribution >= 0.6 is 0 Å². The van der Waals surface area contributed by atoms with Gasteiger partial charge in [0.25, 0.3) is 0 Å². The van der Waals surface area contributed by atoms with Gasteiger partial charge in [0.15, 0.2) is 0 Å². The molecule has 0 aromatic carbocycles. The van der Waals surface area contributed by atoms with Crippen LogP contribution < -0.4 is 5.73 Å². The average molecular weight is 215 g/mol. The van der Waals surface area contributed by atoms with E-state index in [0.29, 0.717) is 12.6 Å². The minimum absolute atomic E-state index is 0.344. The summed E-state index contributed by atoms with van der Waals surface area (Å²) in [6, 6.07) is 0. The fourth-order valence-corrected chi connectivity index (χ4v) is 2.01. The maximum absolute atomic E-state index is 9.67. The Morgan fingerprint density at radius 2 is 2.00 bits per heavy atom. The monoisotopic (exact) mass is 215 g/mol. The van der Waals surface area contributed by atoms with Gasteiger partial charge >= 0.3 is 0 Å². The van der Waals surface area contributed by atoms with Crippen LogP contribution in [0, 0.1) is 0 Å². The van der Waals surface area contributed by atoms with Crippen molar-refractivity contribution < 1.29 is 9.84 Å². The Kier molecular flexibility index (Phi) is 5.58. The van der Waals surface area contributed by atoms with E-state index < -0.39 is 5.60 Å². The number of ether oxygens (including phenoxy) is 1. The van der Waals surface area contributed by atoms with Gasteiger partial charge in [-0.15, -0.1) is 0 Å². The first-order valence-electron chi connectivity index (χ1n) is 6.18. The summed E-state index contributed by atoms with van der Waals surface area (Å²) >= 11 is 0. The summed E-state index contributed by atoms with van der Waals surface area (Å²) in [6.45, 7) is 2.98. The van der Waals surface area contributed by atoms with Gasteiger partial charge in [-0.3, -0.25) is 0 Å². The zero-order chi connectivity index (χ0) is 11.1. The van der Waals surface area contributed by atoms with Crippen molar-refractivity contribution in [2.75, 3.05) is 13.2 Å². The number of unbranched alkanes of at least 4 members (excludes halogenated alkanes) is 1. The smallest absolute Gasteiger partial charge is 0.0741 e. The second-order valence-corrected chi connectivity index (χ2v) is 4.94. The summed E-state index contributed by atoms with van der Waals surface area (Å²) in [4.78, 5) is 0. The predicted molar refractivity (Wildman–Crippen MR) is 61.7 cm³/mol. The minimum Gasteiger partial charge on any atom is -0.389 e. The Hall–Kier alpha value is -0.120. The topological polar surface area (TPSA) is 55.5 Å². The van der Waals surface area contributed by atoms with Crippen molar-refractivity contribution in [3.63, 3.8) is 0 Å². The van der Waals surface area contributed by atoms with Crippen LogP contribution in [0.1, 0.15) is 51.9 Å². The van der Waals surface area contributed by atoms with E-state index in [-0.39, 0.29) is 0 Å². The summed E-state index contributed by atoms with van der Waals surface area (Å²) < 4.78 is 5.74. The second kappa shape index (κ2) is 6.46. The number of hydrogen-bond donors (Lipinski definition) is 2. The first-order chi connectivity index (χ1) is 7.14. The molecule has 1 unspecified atom stereocenters. The lowest BCUT2D eigenvalue weighted by atomic mass is 10.00. The van der Waals surface area contributed by atoms with Gasteiger partial charge in [0.1, 0.15) is 0 Å². The minimum atomic E-state index is -0.687. The van der Waals surface area contributed by atoms with Crippen LogP contribution in [0.3, 0.4) is 0 Å². The largest absolute Gasteiger partial charge is 0.389 e. The van der Waals surface area contributed by atoms with Crippen LogP contribution in [-0.4, -0.2) is 30.0 Å². The maximum atomic E-state index is 9.67. The van der Waals surface area contributed by atoms with Crippen LogP contribution in [0.25, 0.3) is 0 Å². The third-order valence-corrected chi connectivity index (χ3v) is 3.21. The van der Waals surface area contributed by atoms with Gasteiger partial charge in [0.05, 0.1) is 11.7 Å². The van der Waals surface area contributed by atoms with E-state index in [1.807, 2.05) is 0 Å². The average Bonchev–Trinajstić information content (AvgIpc) is 2.70. The molecule has 0 spiro atoms. The Bertz CT molecular complexity index is 165. The normalized spacial score (nSPS) is 21.8. The molecule has 1 aliphatic carbocycles. The number of hydrogen-bond acceptors (Lipinski definition) is 3. The van der Waals surface area contributed by atoms with Gasteiger partial charge in [-0.25, -0.2) is 0 Å². The van der Waals surface area contributed by atoms with Crippen molar-refractivity contribution in [1.82, 2.24) is 0 Å². The van der Waals surface area contributed by atoms with E-state index in [1.54, 1.807) is 6.92 Å². The van der Waals surface area contributed by atoms with Gasteiger partial charge in [-0.2, -0.15) is 0 Å². The molecule has 0 aromatic rings. The quantitative estimate of drug-likeness (QED) is 0.637. The van der Waals surface area contributed by atoms with E-state index in [9.17, 15) is 5.11 Å². The maximum Gasteiger partial charge on any atom is 0.0741 e. The molecular weight excluding hydrogens is 190 g/mol. The summed E-state index contributed by atoms with van der Waals surface area (Å²) in [5, 5.41) is 9.67. The molecule has 0 bridgehead atoms. The van der Waals surface area contributed by atoms with E-state index >= 15 is 0 Å². The molecule has 1 fully saturated rings. The van der Waals surface area contributed by atoms with Crippen molar-refractivity contribution in [2.24, 2.45) is 5.73 Å². The molecule has 3 heteroatoms. The molecule has 0 aliphatic heterocycles. The second-order valence-electron chi connectivity index (χ2n) is 4.94. The Morgan fingerprint density at radius 3 is 2.60 bits per heavy atom. The van der Waals surface area contributed by atoms with Crippen molar-refractivity contribution >= 4 is 0 Å². The molecule has 0 aromatic heterocycles. The summed E-state index contributed by atoms with van der Waals surface area (Å²) in [6.07, 6.45) is 8.45. The lowest BCUT2D eigenvalue weighted by Crippen LogP contribution is -2.33. The molecule has 1 rings (SSSR count). The summed E-state index contributed by atoms with van der Waals surface area (Å²) in [7, 11) is 0. The zero-order valence-corrected chi connectivity index (χ0v) is 9.87. The van der Waals surface area contributed by atoms with E-state index in [4.69, 9.17) is 10.5 Å². The van der Waals surface area contributed by atoms with Gasteiger partial charge in [0, 0.05) is 13.2 Å². The summed E-state index contributed by atoms with van der Waals surface area (Å²) in [5.74, 6) is 0.